The number of nitrogens with two attached hydrogens (primary N) is 1. The third kappa shape index (κ3) is 3.16. The second kappa shape index (κ2) is 5.37. The van der Waals surface area contributed by atoms with Crippen LogP contribution in [0.25, 0.3) is 0 Å². The molecule has 0 aliphatic carbocycles. The Morgan fingerprint density at radius 2 is 1.67 bits per heavy atom. The summed E-state index contributed by atoms with van der Waals surface area (Å²) in [6.07, 6.45) is 0. The second-order valence-electron chi connectivity index (χ2n) is 5.04. The van der Waals surface area contributed by atoms with E-state index in [1.165, 1.54) is 12.1 Å². The molecule has 0 aromatic heterocycles. The molecule has 0 heterocycles. The molecule has 0 saturated carbocycles. The van der Waals surface area contributed by atoms with Crippen LogP contribution in [0.15, 0.2) is 35.2 Å². The van der Waals surface area contributed by atoms with Gasteiger partial charge in [-0.3, -0.25) is 4.72 Å². The standard InChI is InChI=1S/C15H17FN2O2S/c1-9-8-14(10(2)7-13(9)17)18-21(19,20)15-5-4-12(16)6-11(15)3/h4-8,18H,17H2,1-3H3. The SMILES string of the molecule is Cc1cc(NS(=O)(=O)c2ccc(F)cc2C)c(C)cc1N. The quantitative estimate of drug-likeness (QED) is 0.856. The molecular weight excluding hydrogens is 291 g/mol. The maximum Gasteiger partial charge on any atom is 0.262 e. The van der Waals surface area contributed by atoms with Crippen molar-refractivity contribution in [2.45, 2.75) is 25.7 Å². The third-order valence-corrected chi connectivity index (χ3v) is 4.81. The minimum atomic E-state index is -3.77. The molecule has 21 heavy (non-hydrogen) atoms. The van der Waals surface area contributed by atoms with Crippen LogP contribution in [0.1, 0.15) is 16.7 Å². The Morgan fingerprint density at radius 1 is 1.00 bits per heavy atom. The molecule has 3 N–H and O–H groups in total. The molecule has 6 heteroatoms. The number of halogens is 1. The van der Waals surface area contributed by atoms with E-state index in [1.807, 2.05) is 0 Å². The third-order valence-electron chi connectivity index (χ3n) is 3.28. The molecule has 112 valence electrons. The molecule has 2 aromatic carbocycles. The first-order valence-corrected chi connectivity index (χ1v) is 7.85. The Morgan fingerprint density at radius 3 is 2.29 bits per heavy atom. The summed E-state index contributed by atoms with van der Waals surface area (Å²) in [7, 11) is -3.77. The van der Waals surface area contributed by atoms with Gasteiger partial charge in [-0.2, -0.15) is 0 Å². The lowest BCUT2D eigenvalue weighted by Crippen LogP contribution is -2.15. The normalized spacial score (nSPS) is 11.4. The van der Waals surface area contributed by atoms with E-state index in [0.29, 0.717) is 16.9 Å². The highest BCUT2D eigenvalue weighted by molar-refractivity contribution is 7.92. The van der Waals surface area contributed by atoms with E-state index in [4.69, 9.17) is 5.73 Å². The predicted molar refractivity (Wildman–Crippen MR) is 82.3 cm³/mol. The van der Waals surface area contributed by atoms with E-state index in [-0.39, 0.29) is 4.90 Å². The molecular formula is C15H17FN2O2S. The van der Waals surface area contributed by atoms with Gasteiger partial charge in [-0.1, -0.05) is 0 Å². The summed E-state index contributed by atoms with van der Waals surface area (Å²) in [5.41, 5.74) is 8.72. The van der Waals surface area contributed by atoms with Gasteiger partial charge in [0.1, 0.15) is 5.82 Å². The van der Waals surface area contributed by atoms with E-state index in [9.17, 15) is 12.8 Å². The van der Waals surface area contributed by atoms with Gasteiger partial charge in [0.2, 0.25) is 0 Å². The maximum atomic E-state index is 13.1. The lowest BCUT2D eigenvalue weighted by molar-refractivity contribution is 0.598. The van der Waals surface area contributed by atoms with Crippen molar-refractivity contribution in [3.05, 3.63) is 52.8 Å². The summed E-state index contributed by atoms with van der Waals surface area (Å²) in [6.45, 7) is 5.12. The van der Waals surface area contributed by atoms with Gasteiger partial charge in [-0.05, 0) is 67.8 Å². The number of hydrogen-bond donors (Lipinski definition) is 2. The van der Waals surface area contributed by atoms with Crippen LogP contribution >= 0.6 is 0 Å². The molecule has 0 fully saturated rings. The summed E-state index contributed by atoms with van der Waals surface area (Å²) in [6, 6.07) is 6.97. The molecule has 0 amide bonds. The molecule has 0 saturated heterocycles. The summed E-state index contributed by atoms with van der Waals surface area (Å²) < 4.78 is 40.5. The zero-order chi connectivity index (χ0) is 15.8. The molecule has 0 aliphatic rings. The van der Waals surface area contributed by atoms with E-state index < -0.39 is 15.8 Å². The van der Waals surface area contributed by atoms with Gasteiger partial charge in [0.25, 0.3) is 10.0 Å². The predicted octanol–water partition coefficient (Wildman–Crippen LogP) is 3.13. The number of benzene rings is 2. The maximum absolute atomic E-state index is 13.1. The van der Waals surface area contributed by atoms with Crippen LogP contribution in [0.2, 0.25) is 0 Å². The Balaban J connectivity index is 2.45. The van der Waals surface area contributed by atoms with Crippen LogP contribution in [0.4, 0.5) is 15.8 Å². The lowest BCUT2D eigenvalue weighted by Gasteiger charge is -2.14. The van der Waals surface area contributed by atoms with Crippen molar-refractivity contribution in [2.24, 2.45) is 0 Å². The molecule has 2 rings (SSSR count). The summed E-state index contributed by atoms with van der Waals surface area (Å²) >= 11 is 0. The Labute approximate surface area is 123 Å². The molecule has 4 nitrogen and oxygen atoms in total. The summed E-state index contributed by atoms with van der Waals surface area (Å²) in [5.74, 6) is -0.467. The van der Waals surface area contributed by atoms with Crippen molar-refractivity contribution in [1.82, 2.24) is 0 Å². The van der Waals surface area contributed by atoms with Gasteiger partial charge in [0.05, 0.1) is 10.6 Å². The Bertz CT molecular complexity index is 802. The molecule has 0 atom stereocenters. The van der Waals surface area contributed by atoms with Crippen molar-refractivity contribution < 1.29 is 12.8 Å². The van der Waals surface area contributed by atoms with Gasteiger partial charge in [-0.15, -0.1) is 0 Å². The number of aryl methyl sites for hydroxylation is 3. The first-order valence-electron chi connectivity index (χ1n) is 6.36. The van der Waals surface area contributed by atoms with Crippen molar-refractivity contribution in [1.29, 1.82) is 0 Å². The number of anilines is 2. The average molecular weight is 308 g/mol. The van der Waals surface area contributed by atoms with Crippen LogP contribution in [0.3, 0.4) is 0 Å². The second-order valence-corrected chi connectivity index (χ2v) is 6.69. The fraction of sp³-hybridized carbons (Fsp3) is 0.200. The highest BCUT2D eigenvalue weighted by Gasteiger charge is 2.18. The van der Waals surface area contributed by atoms with Crippen LogP contribution in [-0.2, 0) is 10.0 Å². The fourth-order valence-corrected chi connectivity index (χ4v) is 3.41. The van der Waals surface area contributed by atoms with Crippen LogP contribution < -0.4 is 10.5 Å². The van der Waals surface area contributed by atoms with E-state index in [2.05, 4.69) is 4.72 Å². The van der Waals surface area contributed by atoms with Gasteiger partial charge < -0.3 is 5.73 Å². The highest BCUT2D eigenvalue weighted by Crippen LogP contribution is 2.26. The lowest BCUT2D eigenvalue weighted by atomic mass is 10.1. The van der Waals surface area contributed by atoms with Crippen LogP contribution in [0, 0.1) is 26.6 Å². The number of hydrogen-bond acceptors (Lipinski definition) is 3. The van der Waals surface area contributed by atoms with E-state index in [1.54, 1.807) is 32.9 Å². The number of sulfonamides is 1. The van der Waals surface area contributed by atoms with Crippen molar-refractivity contribution in [3.63, 3.8) is 0 Å². The summed E-state index contributed by atoms with van der Waals surface area (Å²) in [5, 5.41) is 0. The summed E-state index contributed by atoms with van der Waals surface area (Å²) in [4.78, 5) is 0.0535. The molecule has 2 aromatic rings. The number of nitrogens with one attached hydrogen (secondary N) is 1. The highest BCUT2D eigenvalue weighted by atomic mass is 32.2. The zero-order valence-electron chi connectivity index (χ0n) is 12.1. The topological polar surface area (TPSA) is 72.2 Å². The first-order chi connectivity index (χ1) is 9.70. The van der Waals surface area contributed by atoms with Crippen LogP contribution in [0.5, 0.6) is 0 Å². The Kier molecular flexibility index (Phi) is 3.91. The monoisotopic (exact) mass is 308 g/mol. The minimum absolute atomic E-state index is 0.0535. The van der Waals surface area contributed by atoms with Crippen LogP contribution in [-0.4, -0.2) is 8.42 Å². The minimum Gasteiger partial charge on any atom is -0.399 e. The first kappa shape index (κ1) is 15.3. The molecule has 0 radical (unpaired) electrons. The largest absolute Gasteiger partial charge is 0.399 e. The molecule has 0 bridgehead atoms. The van der Waals surface area contributed by atoms with Crippen molar-refractivity contribution in [2.75, 3.05) is 10.5 Å². The fourth-order valence-electron chi connectivity index (χ4n) is 2.06. The average Bonchev–Trinajstić information content (AvgIpc) is 2.35. The van der Waals surface area contributed by atoms with Crippen molar-refractivity contribution >= 4 is 21.4 Å². The molecule has 0 aliphatic heterocycles. The van der Waals surface area contributed by atoms with Crippen molar-refractivity contribution in [3.8, 4) is 0 Å². The molecule has 0 unspecified atom stereocenters. The van der Waals surface area contributed by atoms with E-state index in [0.717, 1.165) is 17.2 Å². The number of rotatable bonds is 3. The molecule has 0 spiro atoms. The van der Waals surface area contributed by atoms with Gasteiger partial charge >= 0.3 is 0 Å². The number of nitrogen functional groups attached to an aromatic ring is 1. The van der Waals surface area contributed by atoms with Gasteiger partial charge in [0, 0.05) is 5.69 Å². The van der Waals surface area contributed by atoms with Gasteiger partial charge in [-0.25, -0.2) is 12.8 Å². The van der Waals surface area contributed by atoms with Gasteiger partial charge in [0.15, 0.2) is 0 Å². The Hall–Kier alpha value is -2.08. The van der Waals surface area contributed by atoms with E-state index >= 15 is 0 Å². The smallest absolute Gasteiger partial charge is 0.262 e. The zero-order valence-corrected chi connectivity index (χ0v) is 12.9.